The van der Waals surface area contributed by atoms with E-state index in [1.54, 1.807) is 30.3 Å². The molecular weight excluding hydrogens is 416 g/mol. The molecule has 2 heterocycles. The number of anilines is 2. The first-order chi connectivity index (χ1) is 14.4. The summed E-state index contributed by atoms with van der Waals surface area (Å²) in [5.74, 6) is -2.60. The second-order valence-corrected chi connectivity index (χ2v) is 6.41. The van der Waals surface area contributed by atoms with Gasteiger partial charge in [-0.15, -0.1) is 0 Å². The summed E-state index contributed by atoms with van der Waals surface area (Å²) in [6.07, 6.45) is 1.45. The molecule has 2 aromatic heterocycles. The predicted molar refractivity (Wildman–Crippen MR) is 107 cm³/mol. The highest BCUT2D eigenvalue weighted by molar-refractivity contribution is 6.28. The summed E-state index contributed by atoms with van der Waals surface area (Å²) < 4.78 is 33.2. The minimum absolute atomic E-state index is 0.0151. The topological polar surface area (TPSA) is 107 Å². The summed E-state index contributed by atoms with van der Waals surface area (Å²) in [5, 5.41) is 2.49. The molecule has 0 radical (unpaired) electrons. The number of rotatable bonds is 4. The van der Waals surface area contributed by atoms with E-state index in [-0.39, 0.29) is 22.7 Å². The summed E-state index contributed by atoms with van der Waals surface area (Å²) >= 11 is 5.84. The molecule has 150 valence electrons. The molecular formula is C20H12ClF2N5O2. The fraction of sp³-hybridized carbons (Fsp3) is 0. The molecule has 3 N–H and O–H groups in total. The lowest BCUT2D eigenvalue weighted by molar-refractivity contribution is 0.101. The Kier molecular flexibility index (Phi) is 5.11. The van der Waals surface area contributed by atoms with Crippen LogP contribution in [0.4, 0.5) is 20.5 Å². The van der Waals surface area contributed by atoms with Gasteiger partial charge in [-0.3, -0.25) is 4.79 Å². The minimum atomic E-state index is -0.962. The van der Waals surface area contributed by atoms with Crippen LogP contribution in [0.2, 0.25) is 5.28 Å². The standard InChI is InChI=1S/C20H12ClF2N5O2/c21-19-25-8-7-14(27-19)17-16(28-20(24)30-17)10-3-1-4-11(9-10)26-18(29)15-12(22)5-2-6-13(15)23/h1-9H,(H2,24,28)(H,26,29). The third-order valence-electron chi connectivity index (χ3n) is 4.09. The second-order valence-electron chi connectivity index (χ2n) is 6.07. The Hall–Kier alpha value is -3.85. The zero-order valence-electron chi connectivity index (χ0n) is 15.1. The summed E-state index contributed by atoms with van der Waals surface area (Å²) in [6.45, 7) is 0. The summed E-state index contributed by atoms with van der Waals surface area (Å²) in [5.41, 5.74) is 6.54. The molecule has 4 aromatic rings. The quantitative estimate of drug-likeness (QED) is 0.462. The number of hydrogen-bond acceptors (Lipinski definition) is 6. The Morgan fingerprint density at radius 1 is 1.07 bits per heavy atom. The number of benzene rings is 2. The number of amides is 1. The normalized spacial score (nSPS) is 10.8. The lowest BCUT2D eigenvalue weighted by atomic mass is 10.1. The molecule has 10 heteroatoms. The molecule has 0 fully saturated rings. The van der Waals surface area contributed by atoms with Crippen molar-refractivity contribution in [1.82, 2.24) is 15.0 Å². The smallest absolute Gasteiger partial charge is 0.293 e. The van der Waals surface area contributed by atoms with Gasteiger partial charge in [0.15, 0.2) is 5.76 Å². The number of nitrogens with zero attached hydrogens (tertiary/aromatic N) is 3. The second kappa shape index (κ2) is 7.88. The van der Waals surface area contributed by atoms with Crippen molar-refractivity contribution < 1.29 is 18.0 Å². The number of nitrogen functional groups attached to an aromatic ring is 1. The maximum atomic E-state index is 13.9. The molecule has 0 saturated heterocycles. The fourth-order valence-corrected chi connectivity index (χ4v) is 2.97. The number of oxazole rings is 1. The van der Waals surface area contributed by atoms with Gasteiger partial charge in [-0.1, -0.05) is 18.2 Å². The van der Waals surface area contributed by atoms with Crippen molar-refractivity contribution in [2.24, 2.45) is 0 Å². The van der Waals surface area contributed by atoms with Crippen LogP contribution < -0.4 is 11.1 Å². The third kappa shape index (κ3) is 3.83. The van der Waals surface area contributed by atoms with Crippen molar-refractivity contribution in [3.05, 3.63) is 77.2 Å². The molecule has 7 nitrogen and oxygen atoms in total. The molecule has 4 rings (SSSR count). The van der Waals surface area contributed by atoms with Gasteiger partial charge in [-0.2, -0.15) is 4.98 Å². The fourth-order valence-electron chi connectivity index (χ4n) is 2.82. The average Bonchev–Trinajstić information content (AvgIpc) is 3.10. The van der Waals surface area contributed by atoms with Crippen LogP contribution >= 0.6 is 11.6 Å². The van der Waals surface area contributed by atoms with E-state index >= 15 is 0 Å². The van der Waals surface area contributed by atoms with E-state index in [0.29, 0.717) is 17.0 Å². The molecule has 0 saturated carbocycles. The first-order valence-electron chi connectivity index (χ1n) is 8.53. The van der Waals surface area contributed by atoms with Crippen LogP contribution in [0.3, 0.4) is 0 Å². The Morgan fingerprint density at radius 3 is 2.53 bits per heavy atom. The lowest BCUT2D eigenvalue weighted by Crippen LogP contribution is -2.15. The predicted octanol–water partition coefficient (Wildman–Crippen LogP) is 4.56. The van der Waals surface area contributed by atoms with Gasteiger partial charge >= 0.3 is 0 Å². The van der Waals surface area contributed by atoms with Gasteiger partial charge in [0.25, 0.3) is 11.9 Å². The van der Waals surface area contributed by atoms with Crippen molar-refractivity contribution >= 4 is 29.2 Å². The largest absolute Gasteiger partial charge is 0.421 e. The number of halogens is 3. The van der Waals surface area contributed by atoms with Gasteiger partial charge < -0.3 is 15.5 Å². The van der Waals surface area contributed by atoms with Crippen LogP contribution in [0, 0.1) is 11.6 Å². The van der Waals surface area contributed by atoms with E-state index in [4.69, 9.17) is 21.8 Å². The zero-order valence-corrected chi connectivity index (χ0v) is 15.8. The number of carbonyl (C=O) groups is 1. The van der Waals surface area contributed by atoms with Crippen LogP contribution in [0.15, 0.2) is 59.1 Å². The number of carbonyl (C=O) groups excluding carboxylic acids is 1. The Morgan fingerprint density at radius 2 is 1.80 bits per heavy atom. The van der Waals surface area contributed by atoms with Gasteiger partial charge in [0.2, 0.25) is 5.28 Å². The highest BCUT2D eigenvalue weighted by Gasteiger charge is 2.20. The first-order valence-corrected chi connectivity index (χ1v) is 8.91. The van der Waals surface area contributed by atoms with E-state index in [1.807, 2.05) is 0 Å². The molecule has 1 amide bonds. The highest BCUT2D eigenvalue weighted by Crippen LogP contribution is 2.34. The van der Waals surface area contributed by atoms with Crippen molar-refractivity contribution in [2.45, 2.75) is 0 Å². The molecule has 0 aliphatic carbocycles. The van der Waals surface area contributed by atoms with Crippen molar-refractivity contribution in [1.29, 1.82) is 0 Å². The Bertz CT molecular complexity index is 1240. The number of aromatic nitrogens is 3. The summed E-state index contributed by atoms with van der Waals surface area (Å²) in [4.78, 5) is 24.4. The number of hydrogen-bond donors (Lipinski definition) is 2. The first kappa shape index (κ1) is 19.5. The van der Waals surface area contributed by atoms with Crippen molar-refractivity contribution in [3.8, 4) is 22.7 Å². The average molecular weight is 428 g/mol. The van der Waals surface area contributed by atoms with Gasteiger partial charge in [0.1, 0.15) is 28.6 Å². The molecule has 0 spiro atoms. The van der Waals surface area contributed by atoms with Crippen LogP contribution in [-0.4, -0.2) is 20.9 Å². The molecule has 0 atom stereocenters. The lowest BCUT2D eigenvalue weighted by Gasteiger charge is -2.08. The molecule has 0 unspecified atom stereocenters. The number of nitrogens with one attached hydrogen (secondary N) is 1. The van der Waals surface area contributed by atoms with Gasteiger partial charge in [0, 0.05) is 17.4 Å². The van der Waals surface area contributed by atoms with Crippen LogP contribution in [-0.2, 0) is 0 Å². The van der Waals surface area contributed by atoms with E-state index < -0.39 is 23.1 Å². The third-order valence-corrected chi connectivity index (χ3v) is 4.27. The summed E-state index contributed by atoms with van der Waals surface area (Å²) in [7, 11) is 0. The van der Waals surface area contributed by atoms with Crippen molar-refractivity contribution in [2.75, 3.05) is 11.1 Å². The Labute approximate surface area is 173 Å². The summed E-state index contributed by atoms with van der Waals surface area (Å²) in [6, 6.07) is 11.1. The van der Waals surface area contributed by atoms with E-state index in [0.717, 1.165) is 12.1 Å². The molecule has 0 aliphatic rings. The van der Waals surface area contributed by atoms with Crippen LogP contribution in [0.5, 0.6) is 0 Å². The van der Waals surface area contributed by atoms with Gasteiger partial charge in [-0.25, -0.2) is 18.7 Å². The Balaban J connectivity index is 1.69. The maximum Gasteiger partial charge on any atom is 0.293 e. The monoisotopic (exact) mass is 427 g/mol. The van der Waals surface area contributed by atoms with E-state index in [9.17, 15) is 13.6 Å². The molecule has 0 aliphatic heterocycles. The maximum absolute atomic E-state index is 13.9. The van der Waals surface area contributed by atoms with Crippen molar-refractivity contribution in [3.63, 3.8) is 0 Å². The number of nitrogens with two attached hydrogens (primary N) is 1. The SMILES string of the molecule is Nc1nc(-c2cccc(NC(=O)c3c(F)cccc3F)c2)c(-c2ccnc(Cl)n2)o1. The van der Waals surface area contributed by atoms with Gasteiger partial charge in [-0.05, 0) is 41.9 Å². The zero-order chi connectivity index (χ0) is 21.3. The molecule has 30 heavy (non-hydrogen) atoms. The van der Waals surface area contributed by atoms with E-state index in [2.05, 4.69) is 20.3 Å². The minimum Gasteiger partial charge on any atom is -0.421 e. The molecule has 0 bridgehead atoms. The van der Waals surface area contributed by atoms with Gasteiger partial charge in [0.05, 0.1) is 0 Å². The molecule has 2 aromatic carbocycles. The van der Waals surface area contributed by atoms with Crippen LogP contribution in [0.25, 0.3) is 22.7 Å². The van der Waals surface area contributed by atoms with E-state index in [1.165, 1.54) is 12.3 Å². The highest BCUT2D eigenvalue weighted by atomic mass is 35.5. The van der Waals surface area contributed by atoms with Crippen LogP contribution in [0.1, 0.15) is 10.4 Å².